The number of rotatable bonds is 7. The average Bonchev–Trinajstić information content (AvgIpc) is 2.75. The quantitative estimate of drug-likeness (QED) is 0.399. The number of aryl methyl sites for hydroxylation is 1. The van der Waals surface area contributed by atoms with Gasteiger partial charge in [0.1, 0.15) is 5.73 Å². The van der Waals surface area contributed by atoms with Crippen LogP contribution in [-0.2, 0) is 14.0 Å². The molecule has 5 heteroatoms. The van der Waals surface area contributed by atoms with Gasteiger partial charge in [0.25, 0.3) is 0 Å². The molecule has 2 rings (SSSR count). The molecule has 1 aliphatic heterocycles. The first-order chi connectivity index (χ1) is 11.7. The van der Waals surface area contributed by atoms with E-state index in [2.05, 4.69) is 6.58 Å². The third-order valence-corrected chi connectivity index (χ3v) is 4.85. The molecule has 1 saturated heterocycles. The van der Waals surface area contributed by atoms with Crippen LogP contribution >= 0.6 is 0 Å². The van der Waals surface area contributed by atoms with Crippen molar-refractivity contribution in [2.45, 2.75) is 52.2 Å². The lowest BCUT2D eigenvalue weighted by atomic mass is 9.81. The van der Waals surface area contributed by atoms with Crippen LogP contribution in [0.2, 0.25) is 0 Å². The number of ether oxygens (including phenoxy) is 1. The fourth-order valence-electron chi connectivity index (χ4n) is 2.66. The Labute approximate surface area is 151 Å². The summed E-state index contributed by atoms with van der Waals surface area (Å²) >= 11 is 0. The van der Waals surface area contributed by atoms with Gasteiger partial charge < -0.3 is 14.0 Å². The first kappa shape index (κ1) is 19.9. The maximum absolute atomic E-state index is 15.3. The Morgan fingerprint density at radius 2 is 1.88 bits per heavy atom. The topological polar surface area (TPSA) is 27.7 Å². The SMILES string of the molecule is C=CCOCCC(=C(F)B1OC(C)(C)C(C)(C)O1)c1cccc(C)c1. The molecule has 0 amide bonds. The maximum Gasteiger partial charge on any atom is 0.525 e. The van der Waals surface area contributed by atoms with E-state index in [9.17, 15) is 0 Å². The van der Waals surface area contributed by atoms with E-state index in [0.717, 1.165) is 11.1 Å². The van der Waals surface area contributed by atoms with E-state index in [4.69, 9.17) is 14.0 Å². The number of benzene rings is 1. The Hall–Kier alpha value is -1.43. The molecule has 1 heterocycles. The van der Waals surface area contributed by atoms with Crippen LogP contribution in [0, 0.1) is 6.92 Å². The third-order valence-electron chi connectivity index (χ3n) is 4.85. The van der Waals surface area contributed by atoms with Crippen molar-refractivity contribution in [2.75, 3.05) is 13.2 Å². The van der Waals surface area contributed by atoms with Gasteiger partial charge in [-0.2, -0.15) is 0 Å². The van der Waals surface area contributed by atoms with Gasteiger partial charge in [0, 0.05) is 0 Å². The Morgan fingerprint density at radius 1 is 1.24 bits per heavy atom. The molecule has 0 atom stereocenters. The highest BCUT2D eigenvalue weighted by molar-refractivity contribution is 6.55. The van der Waals surface area contributed by atoms with Crippen LogP contribution in [0.1, 0.15) is 45.2 Å². The molecule has 0 aromatic heterocycles. The minimum Gasteiger partial charge on any atom is -0.398 e. The second-order valence-corrected chi connectivity index (χ2v) is 7.40. The molecule has 0 spiro atoms. The molecule has 3 nitrogen and oxygen atoms in total. The Balaban J connectivity index is 2.32. The lowest BCUT2D eigenvalue weighted by Crippen LogP contribution is -2.41. The van der Waals surface area contributed by atoms with Crippen LogP contribution in [0.3, 0.4) is 0 Å². The van der Waals surface area contributed by atoms with E-state index in [-0.39, 0.29) is 5.73 Å². The van der Waals surface area contributed by atoms with Gasteiger partial charge in [-0.25, -0.2) is 4.39 Å². The van der Waals surface area contributed by atoms with Gasteiger partial charge in [0.2, 0.25) is 0 Å². The van der Waals surface area contributed by atoms with Crippen molar-refractivity contribution in [2.24, 2.45) is 0 Å². The normalized spacial score (nSPS) is 19.7. The molecule has 0 bridgehead atoms. The summed E-state index contributed by atoms with van der Waals surface area (Å²) in [6.45, 7) is 14.1. The monoisotopic (exact) mass is 346 g/mol. The summed E-state index contributed by atoms with van der Waals surface area (Å²) in [6, 6.07) is 7.78. The summed E-state index contributed by atoms with van der Waals surface area (Å²) in [5.74, 6) is 0. The summed E-state index contributed by atoms with van der Waals surface area (Å²) < 4.78 is 32.5. The lowest BCUT2D eigenvalue weighted by molar-refractivity contribution is 0.00578. The van der Waals surface area contributed by atoms with Crippen LogP contribution in [-0.4, -0.2) is 31.5 Å². The largest absolute Gasteiger partial charge is 0.525 e. The fourth-order valence-corrected chi connectivity index (χ4v) is 2.66. The molecule has 0 unspecified atom stereocenters. The van der Waals surface area contributed by atoms with Gasteiger partial charge in [-0.1, -0.05) is 35.9 Å². The molecule has 1 aliphatic rings. The van der Waals surface area contributed by atoms with Crippen LogP contribution in [0.4, 0.5) is 4.39 Å². The highest BCUT2D eigenvalue weighted by atomic mass is 19.1. The van der Waals surface area contributed by atoms with Crippen molar-refractivity contribution in [1.82, 2.24) is 0 Å². The number of halogens is 1. The number of hydrogen-bond donors (Lipinski definition) is 0. The van der Waals surface area contributed by atoms with Crippen molar-refractivity contribution >= 4 is 12.7 Å². The molecular weight excluding hydrogens is 318 g/mol. The summed E-state index contributed by atoms with van der Waals surface area (Å²) in [5.41, 5.74) is 0.925. The standard InChI is InChI=1S/C20H28BFO3/c1-7-12-23-13-11-17(16-10-8-9-15(2)14-16)18(22)21-24-19(3,4)20(5,6)25-21/h7-10,14H,1,11-13H2,2-6H3. The highest BCUT2D eigenvalue weighted by Gasteiger charge is 2.53. The van der Waals surface area contributed by atoms with E-state index >= 15 is 4.39 Å². The number of hydrogen-bond acceptors (Lipinski definition) is 3. The van der Waals surface area contributed by atoms with Crippen LogP contribution in [0.25, 0.3) is 5.57 Å². The molecule has 136 valence electrons. The first-order valence-corrected chi connectivity index (χ1v) is 8.68. The summed E-state index contributed by atoms with van der Waals surface area (Å²) in [4.78, 5) is 0. The maximum atomic E-state index is 15.3. The van der Waals surface area contributed by atoms with E-state index in [0.29, 0.717) is 25.2 Å². The minimum absolute atomic E-state index is 0.383. The van der Waals surface area contributed by atoms with Crippen molar-refractivity contribution in [1.29, 1.82) is 0 Å². The van der Waals surface area contributed by atoms with Crippen LogP contribution in [0.5, 0.6) is 0 Å². The molecule has 0 aliphatic carbocycles. The minimum atomic E-state index is -1.00. The smallest absolute Gasteiger partial charge is 0.398 e. The Bertz CT molecular complexity index is 636. The van der Waals surface area contributed by atoms with Gasteiger partial charge in [-0.15, -0.1) is 6.58 Å². The first-order valence-electron chi connectivity index (χ1n) is 8.68. The van der Waals surface area contributed by atoms with Crippen molar-refractivity contribution in [3.8, 4) is 0 Å². The van der Waals surface area contributed by atoms with Crippen LogP contribution in [0.15, 0.2) is 42.6 Å². The van der Waals surface area contributed by atoms with Crippen molar-refractivity contribution < 1.29 is 18.4 Å². The van der Waals surface area contributed by atoms with E-state index in [1.54, 1.807) is 6.08 Å². The molecule has 0 saturated carbocycles. The van der Waals surface area contributed by atoms with Gasteiger partial charge in [0.15, 0.2) is 0 Å². The highest BCUT2D eigenvalue weighted by Crippen LogP contribution is 2.40. The summed E-state index contributed by atoms with van der Waals surface area (Å²) in [7, 11) is -1.00. The second kappa shape index (κ2) is 7.86. The van der Waals surface area contributed by atoms with Gasteiger partial charge in [-0.3, -0.25) is 0 Å². The molecule has 0 N–H and O–H groups in total. The van der Waals surface area contributed by atoms with E-state index < -0.39 is 18.3 Å². The van der Waals surface area contributed by atoms with Crippen LogP contribution < -0.4 is 0 Å². The molecule has 1 fully saturated rings. The molecule has 1 aromatic rings. The molecule has 0 radical (unpaired) electrons. The summed E-state index contributed by atoms with van der Waals surface area (Å²) in [5, 5.41) is 0. The molecule has 1 aromatic carbocycles. The van der Waals surface area contributed by atoms with Crippen molar-refractivity contribution in [3.63, 3.8) is 0 Å². The summed E-state index contributed by atoms with van der Waals surface area (Å²) in [6.07, 6.45) is 2.12. The van der Waals surface area contributed by atoms with Gasteiger partial charge >= 0.3 is 7.12 Å². The van der Waals surface area contributed by atoms with Gasteiger partial charge in [-0.05, 0) is 52.2 Å². The van der Waals surface area contributed by atoms with E-state index in [1.165, 1.54) is 0 Å². The molecular formula is C20H28BFO3. The Kier molecular flexibility index (Phi) is 6.25. The average molecular weight is 346 g/mol. The fraction of sp³-hybridized carbons (Fsp3) is 0.500. The predicted molar refractivity (Wildman–Crippen MR) is 101 cm³/mol. The molecule has 25 heavy (non-hydrogen) atoms. The second-order valence-electron chi connectivity index (χ2n) is 7.40. The zero-order valence-electron chi connectivity index (χ0n) is 15.9. The zero-order valence-corrected chi connectivity index (χ0v) is 15.9. The van der Waals surface area contributed by atoms with Gasteiger partial charge in [0.05, 0.1) is 24.4 Å². The third kappa shape index (κ3) is 4.60. The van der Waals surface area contributed by atoms with E-state index in [1.807, 2.05) is 58.9 Å². The zero-order chi connectivity index (χ0) is 18.7. The Morgan fingerprint density at radius 3 is 2.44 bits per heavy atom. The van der Waals surface area contributed by atoms with Crippen molar-refractivity contribution in [3.05, 3.63) is 53.8 Å². The predicted octanol–water partition coefficient (Wildman–Crippen LogP) is 4.90. The lowest BCUT2D eigenvalue weighted by Gasteiger charge is -2.32.